The van der Waals surface area contributed by atoms with Gasteiger partial charge in [-0.25, -0.2) is 22.2 Å². The molecule has 1 saturated carbocycles. The van der Waals surface area contributed by atoms with E-state index in [1.54, 1.807) is 4.72 Å². The molecule has 4 rings (SSSR count). The molecule has 0 radical (unpaired) electrons. The van der Waals surface area contributed by atoms with Crippen LogP contribution in [0.4, 0.5) is 17.6 Å². The molecule has 1 aromatic heterocycles. The Labute approximate surface area is 237 Å². The largest absolute Gasteiger partial charge is 0.489 e. The molecule has 1 heterocycles. The maximum atomic E-state index is 14.6. The van der Waals surface area contributed by atoms with Gasteiger partial charge in [0.25, 0.3) is 11.8 Å². The highest BCUT2D eigenvalue weighted by molar-refractivity contribution is 7.89. The quantitative estimate of drug-likeness (QED) is 0.259. The van der Waals surface area contributed by atoms with Crippen LogP contribution in [0.2, 0.25) is 0 Å². The number of sulfonamides is 1. The molecule has 1 aliphatic carbocycles. The first-order valence-electron chi connectivity index (χ1n) is 12.5. The topological polar surface area (TPSA) is 163 Å². The van der Waals surface area contributed by atoms with Crippen LogP contribution in [0.1, 0.15) is 53.7 Å². The number of benzene rings is 2. The van der Waals surface area contributed by atoms with Crippen molar-refractivity contribution < 1.29 is 49.5 Å². The number of alkyl halides is 2. The molecule has 3 aromatic rings. The fourth-order valence-electron chi connectivity index (χ4n) is 3.83. The lowest BCUT2D eigenvalue weighted by molar-refractivity contribution is -0.121. The molecular weight excluding hydrogens is 588 g/mol. The molecule has 2 aromatic carbocycles. The number of ether oxygens (including phenoxy) is 2. The van der Waals surface area contributed by atoms with Crippen molar-refractivity contribution in [2.75, 3.05) is 12.9 Å². The Morgan fingerprint density at radius 1 is 1.14 bits per heavy atom. The lowest BCUT2D eigenvalue weighted by Crippen LogP contribution is -2.43. The summed E-state index contributed by atoms with van der Waals surface area (Å²) in [5.74, 6) is -4.98. The van der Waals surface area contributed by atoms with Crippen molar-refractivity contribution in [3.05, 3.63) is 65.1 Å². The third kappa shape index (κ3) is 7.76. The van der Waals surface area contributed by atoms with Gasteiger partial charge < -0.3 is 24.9 Å². The number of aromatic nitrogens is 1. The lowest BCUT2D eigenvalue weighted by Gasteiger charge is -2.18. The first-order chi connectivity index (χ1) is 19.7. The van der Waals surface area contributed by atoms with E-state index in [9.17, 15) is 35.6 Å². The van der Waals surface area contributed by atoms with Crippen LogP contribution in [0, 0.1) is 17.6 Å². The second-order valence-electron chi connectivity index (χ2n) is 9.63. The van der Waals surface area contributed by atoms with Crippen molar-refractivity contribution in [2.24, 2.45) is 11.7 Å². The summed E-state index contributed by atoms with van der Waals surface area (Å²) in [7, 11) is -4.14. The molecule has 0 bridgehead atoms. The van der Waals surface area contributed by atoms with Crippen LogP contribution < -0.4 is 25.2 Å². The average molecular weight is 615 g/mol. The first-order valence-corrected chi connectivity index (χ1v) is 14.4. The van der Waals surface area contributed by atoms with Crippen molar-refractivity contribution in [1.82, 2.24) is 15.0 Å². The Kier molecular flexibility index (Phi) is 9.06. The minimum atomic E-state index is -4.14. The SMILES string of the molecule is C[C@H](N)c1oc(-c2ccc(OC(F)F)c(OCC3CC3)c2)nc1C(=O)N[C@H](C(=O)NS(C)(=O)=O)c1ccc(F)cc1F. The van der Waals surface area contributed by atoms with E-state index in [0.29, 0.717) is 12.3 Å². The molecular formula is C26H26F4N4O7S. The van der Waals surface area contributed by atoms with E-state index in [1.165, 1.54) is 25.1 Å². The number of nitrogens with zero attached hydrogens (tertiary/aromatic N) is 1. The smallest absolute Gasteiger partial charge is 0.387 e. The average Bonchev–Trinajstić information content (AvgIpc) is 3.60. The Morgan fingerprint density at radius 3 is 2.45 bits per heavy atom. The van der Waals surface area contributed by atoms with Gasteiger partial charge in [0.2, 0.25) is 15.9 Å². The number of rotatable bonds is 12. The number of hydrogen-bond acceptors (Lipinski definition) is 9. The second kappa shape index (κ2) is 12.4. The zero-order valence-corrected chi connectivity index (χ0v) is 23.0. The zero-order chi connectivity index (χ0) is 30.8. The third-order valence-corrected chi connectivity index (χ3v) is 6.53. The van der Waals surface area contributed by atoms with Crippen LogP contribution >= 0.6 is 0 Å². The van der Waals surface area contributed by atoms with E-state index in [2.05, 4.69) is 15.0 Å². The van der Waals surface area contributed by atoms with Gasteiger partial charge in [0.1, 0.15) is 17.7 Å². The monoisotopic (exact) mass is 614 g/mol. The second-order valence-corrected chi connectivity index (χ2v) is 11.4. The number of hydrogen-bond donors (Lipinski definition) is 3. The van der Waals surface area contributed by atoms with Gasteiger partial charge in [-0.3, -0.25) is 14.3 Å². The highest BCUT2D eigenvalue weighted by Crippen LogP contribution is 2.37. The minimum Gasteiger partial charge on any atom is -0.489 e. The Morgan fingerprint density at radius 2 is 1.86 bits per heavy atom. The van der Waals surface area contributed by atoms with E-state index >= 15 is 0 Å². The van der Waals surface area contributed by atoms with Crippen molar-refractivity contribution in [1.29, 1.82) is 0 Å². The fraction of sp³-hybridized carbons (Fsp3) is 0.346. The molecule has 0 unspecified atom stereocenters. The van der Waals surface area contributed by atoms with E-state index in [1.807, 2.05) is 0 Å². The highest BCUT2D eigenvalue weighted by atomic mass is 32.2. The molecule has 11 nitrogen and oxygen atoms in total. The van der Waals surface area contributed by atoms with E-state index < -0.39 is 63.4 Å². The van der Waals surface area contributed by atoms with Gasteiger partial charge in [-0.15, -0.1) is 0 Å². The first kappa shape index (κ1) is 30.8. The summed E-state index contributed by atoms with van der Waals surface area (Å²) in [5, 5.41) is 2.19. The van der Waals surface area contributed by atoms with E-state index in [4.69, 9.17) is 14.9 Å². The van der Waals surface area contributed by atoms with Crippen LogP contribution in [0.3, 0.4) is 0 Å². The van der Waals surface area contributed by atoms with E-state index in [-0.39, 0.29) is 41.2 Å². The molecule has 42 heavy (non-hydrogen) atoms. The Balaban J connectivity index is 1.69. The fourth-order valence-corrected chi connectivity index (χ4v) is 4.31. The molecule has 1 aliphatic rings. The third-order valence-electron chi connectivity index (χ3n) is 5.96. The highest BCUT2D eigenvalue weighted by Gasteiger charge is 2.32. The minimum absolute atomic E-state index is 0.0180. The van der Waals surface area contributed by atoms with Gasteiger partial charge in [-0.05, 0) is 49.9 Å². The summed E-state index contributed by atoms with van der Waals surface area (Å²) < 4.78 is 94.8. The predicted molar refractivity (Wildman–Crippen MR) is 139 cm³/mol. The molecule has 4 N–H and O–H groups in total. The summed E-state index contributed by atoms with van der Waals surface area (Å²) in [5.41, 5.74) is 5.18. The summed E-state index contributed by atoms with van der Waals surface area (Å²) in [6.07, 6.45) is 2.54. The number of carbonyl (C=O) groups excluding carboxylic acids is 2. The molecule has 0 spiro atoms. The van der Waals surface area contributed by atoms with Gasteiger partial charge in [-0.1, -0.05) is 6.07 Å². The predicted octanol–water partition coefficient (Wildman–Crippen LogP) is 3.58. The Bertz CT molecular complexity index is 1590. The maximum absolute atomic E-state index is 14.6. The number of amides is 2. The summed E-state index contributed by atoms with van der Waals surface area (Å²) in [4.78, 5) is 30.2. The number of halogens is 4. The van der Waals surface area contributed by atoms with E-state index in [0.717, 1.165) is 25.0 Å². The van der Waals surface area contributed by atoms with Gasteiger partial charge in [0.05, 0.1) is 18.9 Å². The van der Waals surface area contributed by atoms with Crippen molar-refractivity contribution in [3.8, 4) is 23.0 Å². The summed E-state index contributed by atoms with van der Waals surface area (Å²) >= 11 is 0. The summed E-state index contributed by atoms with van der Waals surface area (Å²) in [6, 6.07) is 3.12. The number of nitrogens with one attached hydrogen (secondary N) is 2. The standard InChI is InChI=1S/C26H26F4N4O7S/c1-12(31)22-21(23(35)32-20(24(36)34-42(2,37)38)16-7-6-15(27)10-17(16)28)33-25(41-22)14-5-8-18(40-26(29)30)19(9-14)39-11-13-3-4-13/h5-10,12-13,20,26H,3-4,11,31H2,1-2H3,(H,32,35)(H,34,36)/t12-,20-/m0/s1. The molecule has 1 fully saturated rings. The van der Waals surface area contributed by atoms with Crippen molar-refractivity contribution in [3.63, 3.8) is 0 Å². The van der Waals surface area contributed by atoms with Crippen LogP contribution in [0.25, 0.3) is 11.5 Å². The van der Waals surface area contributed by atoms with Crippen LogP contribution in [-0.2, 0) is 14.8 Å². The van der Waals surface area contributed by atoms with Crippen LogP contribution in [0.5, 0.6) is 11.5 Å². The van der Waals surface area contributed by atoms with Crippen LogP contribution in [-0.4, -0.2) is 44.7 Å². The number of nitrogens with two attached hydrogens (primary N) is 1. The Hall–Kier alpha value is -4.18. The zero-order valence-electron chi connectivity index (χ0n) is 22.2. The van der Waals surface area contributed by atoms with Gasteiger partial charge >= 0.3 is 6.61 Å². The summed E-state index contributed by atoms with van der Waals surface area (Å²) in [6.45, 7) is -1.39. The lowest BCUT2D eigenvalue weighted by atomic mass is 10.0. The van der Waals surface area contributed by atoms with Crippen molar-refractivity contribution >= 4 is 21.8 Å². The maximum Gasteiger partial charge on any atom is 0.387 e. The van der Waals surface area contributed by atoms with Gasteiger partial charge in [0.15, 0.2) is 23.0 Å². The molecule has 2 atom stereocenters. The van der Waals surface area contributed by atoms with Gasteiger partial charge in [-0.2, -0.15) is 8.78 Å². The normalized spacial score (nSPS) is 14.8. The molecule has 16 heteroatoms. The molecule has 0 saturated heterocycles. The van der Waals surface area contributed by atoms with Crippen LogP contribution in [0.15, 0.2) is 40.8 Å². The molecule has 2 amide bonds. The number of carbonyl (C=O) groups is 2. The molecule has 0 aliphatic heterocycles. The molecule has 226 valence electrons. The van der Waals surface area contributed by atoms with Crippen molar-refractivity contribution in [2.45, 2.75) is 38.5 Å². The van der Waals surface area contributed by atoms with Gasteiger partial charge in [0, 0.05) is 17.2 Å². The number of oxazole rings is 1.